The highest BCUT2D eigenvalue weighted by atomic mass is 32.2. The molecule has 0 radical (unpaired) electrons. The van der Waals surface area contributed by atoms with Crippen LogP contribution in [0.15, 0.2) is 0 Å². The van der Waals surface area contributed by atoms with Crippen molar-refractivity contribution in [3.05, 3.63) is 0 Å². The molecule has 1 aliphatic rings. The van der Waals surface area contributed by atoms with Crippen LogP contribution in [-0.4, -0.2) is 38.6 Å². The molecule has 0 aromatic heterocycles. The van der Waals surface area contributed by atoms with Gasteiger partial charge in [-0.3, -0.25) is 13.8 Å². The predicted octanol–water partition coefficient (Wildman–Crippen LogP) is -1.13. The van der Waals surface area contributed by atoms with Crippen LogP contribution >= 0.6 is 0 Å². The Balaban J connectivity index is 2.46. The molecule has 0 saturated carbocycles. The van der Waals surface area contributed by atoms with Crippen molar-refractivity contribution in [1.82, 2.24) is 5.06 Å². The van der Waals surface area contributed by atoms with Gasteiger partial charge in [-0.2, -0.15) is 5.26 Å². The molecular formula is C8H8N2O5S. The molecule has 0 aliphatic carbocycles. The van der Waals surface area contributed by atoms with Gasteiger partial charge in [0, 0.05) is 23.6 Å². The van der Waals surface area contributed by atoms with Gasteiger partial charge >= 0.3 is 5.97 Å². The van der Waals surface area contributed by atoms with Crippen molar-refractivity contribution < 1.29 is 23.4 Å². The summed E-state index contributed by atoms with van der Waals surface area (Å²) in [5.74, 6) is -2.95. The lowest BCUT2D eigenvalue weighted by atomic mass is 10.4. The molecular weight excluding hydrogens is 236 g/mol. The smallest absolute Gasteiger partial charge is 0.329 e. The van der Waals surface area contributed by atoms with E-state index in [0.29, 0.717) is 5.06 Å². The van der Waals surface area contributed by atoms with Gasteiger partial charge in [0.2, 0.25) is 0 Å². The van der Waals surface area contributed by atoms with Crippen molar-refractivity contribution in [1.29, 1.82) is 5.26 Å². The van der Waals surface area contributed by atoms with Gasteiger partial charge in [-0.25, -0.2) is 4.79 Å². The molecule has 1 heterocycles. The number of carbonyl (C=O) groups is 3. The van der Waals surface area contributed by atoms with Crippen LogP contribution in [0.1, 0.15) is 12.8 Å². The lowest BCUT2D eigenvalue weighted by molar-refractivity contribution is -0.195. The quantitative estimate of drug-likeness (QED) is 0.579. The van der Waals surface area contributed by atoms with Crippen LogP contribution < -0.4 is 0 Å². The predicted molar refractivity (Wildman–Crippen MR) is 50.7 cm³/mol. The van der Waals surface area contributed by atoms with E-state index in [0.717, 1.165) is 0 Å². The number of amides is 2. The van der Waals surface area contributed by atoms with Crippen molar-refractivity contribution >= 4 is 28.6 Å². The third-order valence-corrected chi connectivity index (χ3v) is 2.71. The summed E-state index contributed by atoms with van der Waals surface area (Å²) in [6.07, 6.45) is 0.0147. The first-order valence-electron chi connectivity index (χ1n) is 4.33. The summed E-state index contributed by atoms with van der Waals surface area (Å²) < 4.78 is 11.0. The first-order valence-corrected chi connectivity index (χ1v) is 5.82. The number of hydroxylamine groups is 2. The van der Waals surface area contributed by atoms with Crippen LogP contribution in [0.4, 0.5) is 0 Å². The van der Waals surface area contributed by atoms with Crippen LogP contribution in [0.3, 0.4) is 0 Å². The third kappa shape index (κ3) is 3.13. The number of hydrogen-bond acceptors (Lipinski definition) is 6. The molecule has 8 heteroatoms. The number of rotatable bonds is 4. The average molecular weight is 244 g/mol. The summed E-state index contributed by atoms with van der Waals surface area (Å²) in [5.41, 5.74) is 0. The summed E-state index contributed by atoms with van der Waals surface area (Å²) >= 11 is 0. The zero-order valence-corrected chi connectivity index (χ0v) is 8.99. The number of hydrogen-bond donors (Lipinski definition) is 0. The van der Waals surface area contributed by atoms with Crippen molar-refractivity contribution in [2.45, 2.75) is 12.8 Å². The number of imide groups is 1. The van der Waals surface area contributed by atoms with Gasteiger partial charge < -0.3 is 4.84 Å². The molecule has 0 N–H and O–H groups in total. The Kier molecular flexibility index (Phi) is 4.13. The Bertz CT molecular complexity index is 384. The molecule has 1 aliphatic heterocycles. The first kappa shape index (κ1) is 12.3. The minimum absolute atomic E-state index is 0.00734. The second kappa shape index (κ2) is 5.37. The largest absolute Gasteiger partial charge is 0.345 e. The minimum atomic E-state index is -1.66. The van der Waals surface area contributed by atoms with E-state index in [1.54, 1.807) is 6.07 Å². The first-order chi connectivity index (χ1) is 7.54. The van der Waals surface area contributed by atoms with Gasteiger partial charge in [-0.15, -0.1) is 5.06 Å². The van der Waals surface area contributed by atoms with Crippen LogP contribution in [0.25, 0.3) is 0 Å². The second-order valence-corrected chi connectivity index (χ2v) is 4.39. The lowest BCUT2D eigenvalue weighted by Gasteiger charge is -2.11. The summed E-state index contributed by atoms with van der Waals surface area (Å²) in [6.45, 7) is 0. The van der Waals surface area contributed by atoms with Crippen molar-refractivity contribution in [3.8, 4) is 6.07 Å². The van der Waals surface area contributed by atoms with Gasteiger partial charge in [0.05, 0.1) is 6.07 Å². The van der Waals surface area contributed by atoms with Crippen molar-refractivity contribution in [3.63, 3.8) is 0 Å². The number of nitriles is 1. The SMILES string of the molecule is N#CCS(=O)CC(=O)ON1C(=O)CCC1=O. The number of carbonyl (C=O) groups excluding carboxylic acids is 3. The summed E-state index contributed by atoms with van der Waals surface area (Å²) in [4.78, 5) is 37.6. The second-order valence-electron chi connectivity index (χ2n) is 2.93. The standard InChI is InChI=1S/C8H8N2O5S/c9-3-4-16(14)5-8(13)15-10-6(11)1-2-7(10)12/h1-2,4-5H2. The lowest BCUT2D eigenvalue weighted by Crippen LogP contribution is -2.33. The molecule has 1 rings (SSSR count). The summed E-state index contributed by atoms with van der Waals surface area (Å²) in [6, 6.07) is 1.63. The molecule has 16 heavy (non-hydrogen) atoms. The van der Waals surface area contributed by atoms with E-state index in [-0.39, 0.29) is 18.6 Å². The van der Waals surface area contributed by atoms with Crippen LogP contribution in [0.2, 0.25) is 0 Å². The van der Waals surface area contributed by atoms with E-state index in [1.165, 1.54) is 0 Å². The monoisotopic (exact) mass is 244 g/mol. The Morgan fingerprint density at radius 3 is 2.50 bits per heavy atom. The van der Waals surface area contributed by atoms with Gasteiger partial charge in [0.25, 0.3) is 11.8 Å². The zero-order chi connectivity index (χ0) is 12.1. The Morgan fingerprint density at radius 2 is 2.00 bits per heavy atom. The van der Waals surface area contributed by atoms with Crippen molar-refractivity contribution in [2.75, 3.05) is 11.5 Å². The van der Waals surface area contributed by atoms with Gasteiger partial charge in [-0.05, 0) is 0 Å². The molecule has 0 bridgehead atoms. The molecule has 7 nitrogen and oxygen atoms in total. The minimum Gasteiger partial charge on any atom is -0.329 e. The Labute approximate surface area is 93.4 Å². The van der Waals surface area contributed by atoms with Crippen molar-refractivity contribution in [2.24, 2.45) is 0 Å². The molecule has 2 amide bonds. The molecule has 1 atom stereocenters. The molecule has 1 saturated heterocycles. The maximum absolute atomic E-state index is 11.1. The normalized spacial score (nSPS) is 17.1. The summed E-state index contributed by atoms with van der Waals surface area (Å²) in [5, 5.41) is 8.58. The topological polar surface area (TPSA) is 105 Å². The van der Waals surface area contributed by atoms with Gasteiger partial charge in [0.15, 0.2) is 0 Å². The van der Waals surface area contributed by atoms with E-state index >= 15 is 0 Å². The van der Waals surface area contributed by atoms with E-state index in [1.807, 2.05) is 0 Å². The fourth-order valence-corrected chi connectivity index (χ4v) is 1.60. The van der Waals surface area contributed by atoms with Crippen LogP contribution in [0, 0.1) is 11.3 Å². The van der Waals surface area contributed by atoms with E-state index in [9.17, 15) is 18.6 Å². The van der Waals surface area contributed by atoms with Crippen LogP contribution in [-0.2, 0) is 30.0 Å². The van der Waals surface area contributed by atoms with Gasteiger partial charge in [0.1, 0.15) is 11.5 Å². The Morgan fingerprint density at radius 1 is 1.44 bits per heavy atom. The maximum atomic E-state index is 11.1. The molecule has 86 valence electrons. The molecule has 1 fully saturated rings. The third-order valence-electron chi connectivity index (χ3n) is 1.70. The van der Waals surface area contributed by atoms with Crippen LogP contribution in [0.5, 0.6) is 0 Å². The fourth-order valence-electron chi connectivity index (χ4n) is 1.04. The molecule has 0 aromatic carbocycles. The Hall–Kier alpha value is -1.75. The number of nitrogens with zero attached hydrogens (tertiary/aromatic N) is 2. The molecule has 0 aromatic rings. The summed E-state index contributed by atoms with van der Waals surface area (Å²) in [7, 11) is -1.66. The highest BCUT2D eigenvalue weighted by Gasteiger charge is 2.33. The van der Waals surface area contributed by atoms with E-state index < -0.39 is 34.3 Å². The highest BCUT2D eigenvalue weighted by Crippen LogP contribution is 2.12. The average Bonchev–Trinajstić information content (AvgIpc) is 2.49. The van der Waals surface area contributed by atoms with E-state index in [4.69, 9.17) is 5.26 Å². The zero-order valence-electron chi connectivity index (χ0n) is 8.17. The highest BCUT2D eigenvalue weighted by molar-refractivity contribution is 7.85. The van der Waals surface area contributed by atoms with E-state index in [2.05, 4.69) is 4.84 Å². The fraction of sp³-hybridized carbons (Fsp3) is 0.500. The maximum Gasteiger partial charge on any atom is 0.345 e. The van der Waals surface area contributed by atoms with Gasteiger partial charge in [-0.1, -0.05) is 0 Å². The molecule has 0 spiro atoms. The molecule has 1 unspecified atom stereocenters.